The summed E-state index contributed by atoms with van der Waals surface area (Å²) in [6.07, 6.45) is 0. The third-order valence-electron chi connectivity index (χ3n) is 3.57. The van der Waals surface area contributed by atoms with Crippen LogP contribution in [0.1, 0.15) is 0 Å². The van der Waals surface area contributed by atoms with Crippen molar-refractivity contribution in [3.8, 4) is 23.0 Å². The maximum Gasteiger partial charge on any atom is 0.149 e. The van der Waals surface area contributed by atoms with Gasteiger partial charge < -0.3 is 20.9 Å². The largest absolute Gasteiger partial charge is 0.456 e. The van der Waals surface area contributed by atoms with E-state index < -0.39 is 0 Å². The second-order valence-corrected chi connectivity index (χ2v) is 7.80. The fourth-order valence-corrected chi connectivity index (χ4v) is 3.37. The van der Waals surface area contributed by atoms with Gasteiger partial charge in [-0.15, -0.1) is 0 Å². The Balaban J connectivity index is 1.91. The first-order chi connectivity index (χ1) is 13.2. The molecule has 0 bridgehead atoms. The summed E-state index contributed by atoms with van der Waals surface area (Å²) in [6, 6.07) is 9.61. The number of hydrogen-bond acceptors (Lipinski definition) is 4. The van der Waals surface area contributed by atoms with Crippen molar-refractivity contribution in [2.45, 2.75) is 0 Å². The van der Waals surface area contributed by atoms with Crippen LogP contribution < -0.4 is 20.9 Å². The molecule has 0 unspecified atom stereocenters. The Bertz CT molecular complexity index is 994. The Labute approximate surface area is 190 Å². The minimum atomic E-state index is 0.122. The molecule has 28 heavy (non-hydrogen) atoms. The van der Waals surface area contributed by atoms with Crippen LogP contribution in [0.4, 0.5) is 11.4 Å². The van der Waals surface area contributed by atoms with Gasteiger partial charge in [-0.25, -0.2) is 0 Å². The van der Waals surface area contributed by atoms with Gasteiger partial charge in [0.25, 0.3) is 0 Å². The lowest BCUT2D eigenvalue weighted by molar-refractivity contribution is 0.461. The Morgan fingerprint density at radius 2 is 0.964 bits per heavy atom. The van der Waals surface area contributed by atoms with Crippen LogP contribution in [-0.4, -0.2) is 0 Å². The molecule has 0 saturated heterocycles. The highest BCUT2D eigenvalue weighted by molar-refractivity contribution is 6.47. The van der Waals surface area contributed by atoms with Crippen molar-refractivity contribution in [3.05, 3.63) is 66.5 Å². The van der Waals surface area contributed by atoms with Gasteiger partial charge >= 0.3 is 0 Å². The van der Waals surface area contributed by atoms with Crippen LogP contribution in [0, 0.1) is 0 Å². The first-order valence-corrected chi connectivity index (χ1v) is 9.77. The van der Waals surface area contributed by atoms with Crippen LogP contribution in [0.2, 0.25) is 30.1 Å². The number of benzene rings is 3. The van der Waals surface area contributed by atoms with E-state index in [1.807, 2.05) is 0 Å². The quantitative estimate of drug-likeness (QED) is 0.280. The monoisotopic (exact) mass is 496 g/mol. The molecule has 146 valence electrons. The summed E-state index contributed by atoms with van der Waals surface area (Å²) >= 11 is 36.3. The molecule has 0 amide bonds. The van der Waals surface area contributed by atoms with Crippen LogP contribution in [0.5, 0.6) is 23.0 Å². The molecule has 0 aliphatic rings. The molecule has 4 nitrogen and oxygen atoms in total. The minimum absolute atomic E-state index is 0.122. The Morgan fingerprint density at radius 1 is 0.571 bits per heavy atom. The molecule has 3 rings (SSSR count). The molecule has 0 fully saturated rings. The molecule has 0 atom stereocenters. The van der Waals surface area contributed by atoms with E-state index in [-0.39, 0.29) is 53.0 Å². The van der Waals surface area contributed by atoms with Gasteiger partial charge in [0, 0.05) is 18.2 Å². The van der Waals surface area contributed by atoms with E-state index in [4.69, 9.17) is 90.5 Å². The van der Waals surface area contributed by atoms with Crippen molar-refractivity contribution in [2.24, 2.45) is 0 Å². The summed E-state index contributed by atoms with van der Waals surface area (Å²) in [7, 11) is 0. The number of nitrogen functional groups attached to an aromatic ring is 2. The van der Waals surface area contributed by atoms with Gasteiger partial charge in [0.05, 0.1) is 31.5 Å². The lowest BCUT2D eigenvalue weighted by Gasteiger charge is -2.14. The van der Waals surface area contributed by atoms with Gasteiger partial charge in [-0.1, -0.05) is 75.7 Å². The van der Waals surface area contributed by atoms with Crippen molar-refractivity contribution in [1.29, 1.82) is 0 Å². The number of ether oxygens (including phenoxy) is 2. The predicted molar refractivity (Wildman–Crippen MR) is 118 cm³/mol. The fraction of sp³-hybridized carbons (Fsp3) is 0. The molecule has 10 heteroatoms. The molecular formula is C18H10Cl6N2O2. The molecule has 4 N–H and O–H groups in total. The first kappa shape index (κ1) is 21.3. The van der Waals surface area contributed by atoms with Crippen LogP contribution in [0.25, 0.3) is 0 Å². The van der Waals surface area contributed by atoms with E-state index in [2.05, 4.69) is 0 Å². The lowest BCUT2D eigenvalue weighted by Crippen LogP contribution is -1.94. The zero-order chi connectivity index (χ0) is 20.6. The molecule has 0 spiro atoms. The highest BCUT2D eigenvalue weighted by Gasteiger charge is 2.16. The normalized spacial score (nSPS) is 10.8. The van der Waals surface area contributed by atoms with Crippen molar-refractivity contribution < 1.29 is 9.47 Å². The lowest BCUT2D eigenvalue weighted by atomic mass is 10.2. The number of anilines is 2. The molecule has 0 saturated carbocycles. The van der Waals surface area contributed by atoms with Gasteiger partial charge in [0.1, 0.15) is 33.0 Å². The van der Waals surface area contributed by atoms with Crippen LogP contribution in [-0.2, 0) is 0 Å². The number of rotatable bonds is 4. The molecule has 0 aliphatic heterocycles. The van der Waals surface area contributed by atoms with Crippen molar-refractivity contribution in [2.75, 3.05) is 11.5 Å². The Morgan fingerprint density at radius 3 is 1.36 bits per heavy atom. The second kappa shape index (κ2) is 8.54. The zero-order valence-corrected chi connectivity index (χ0v) is 18.2. The molecule has 0 aliphatic carbocycles. The summed E-state index contributed by atoms with van der Waals surface area (Å²) in [4.78, 5) is 0. The summed E-state index contributed by atoms with van der Waals surface area (Å²) in [5.41, 5.74) is 11.9. The highest BCUT2D eigenvalue weighted by Crippen LogP contribution is 2.44. The maximum atomic E-state index is 6.18. The van der Waals surface area contributed by atoms with Gasteiger partial charge in [0.2, 0.25) is 0 Å². The number of hydrogen-bond donors (Lipinski definition) is 2. The standard InChI is InChI=1S/C18H10Cl6N2O2/c19-9-5-11(15(23)17(25)13(9)21)27-7-2-1-3-8(4-7)28-12-6-10(20)14(22)18(26)16(12)24/h1-6H,25-26H2. The minimum Gasteiger partial charge on any atom is -0.456 e. The third-order valence-corrected chi connectivity index (χ3v) is 5.96. The molecule has 0 aromatic heterocycles. The molecule has 3 aromatic rings. The Hall–Kier alpha value is -1.40. The van der Waals surface area contributed by atoms with E-state index in [9.17, 15) is 0 Å². The van der Waals surface area contributed by atoms with E-state index in [0.717, 1.165) is 0 Å². The summed E-state index contributed by atoms with van der Waals surface area (Å²) in [5.74, 6) is 1.28. The maximum absolute atomic E-state index is 6.18. The Kier molecular flexibility index (Phi) is 6.50. The topological polar surface area (TPSA) is 70.5 Å². The third kappa shape index (κ3) is 4.28. The molecule has 0 heterocycles. The van der Waals surface area contributed by atoms with Crippen molar-refractivity contribution in [3.63, 3.8) is 0 Å². The SMILES string of the molecule is Nc1c(Cl)c(Cl)cc(Oc2cccc(Oc3cc(Cl)c(Cl)c(N)c3Cl)c2)c1Cl. The summed E-state index contributed by atoms with van der Waals surface area (Å²) < 4.78 is 11.5. The van der Waals surface area contributed by atoms with Crippen molar-refractivity contribution >= 4 is 81.0 Å². The average Bonchev–Trinajstić information content (AvgIpc) is 2.67. The van der Waals surface area contributed by atoms with Crippen LogP contribution >= 0.6 is 69.6 Å². The predicted octanol–water partition coefficient (Wildman–Crippen LogP) is 8.36. The van der Waals surface area contributed by atoms with Crippen LogP contribution in [0.15, 0.2) is 36.4 Å². The molecule has 3 aromatic carbocycles. The molecule has 0 radical (unpaired) electrons. The summed E-state index contributed by atoms with van der Waals surface area (Å²) in [5, 5.41) is 1.01. The summed E-state index contributed by atoms with van der Waals surface area (Å²) in [6.45, 7) is 0. The second-order valence-electron chi connectivity index (χ2n) is 5.48. The van der Waals surface area contributed by atoms with E-state index in [0.29, 0.717) is 11.5 Å². The van der Waals surface area contributed by atoms with Gasteiger partial charge in [-0.05, 0) is 12.1 Å². The van der Waals surface area contributed by atoms with Crippen molar-refractivity contribution in [1.82, 2.24) is 0 Å². The average molecular weight is 499 g/mol. The number of nitrogens with two attached hydrogens (primary N) is 2. The van der Waals surface area contributed by atoms with E-state index >= 15 is 0 Å². The smallest absolute Gasteiger partial charge is 0.149 e. The highest BCUT2D eigenvalue weighted by atomic mass is 35.5. The molecular weight excluding hydrogens is 489 g/mol. The number of halogens is 6. The first-order valence-electron chi connectivity index (χ1n) is 7.50. The van der Waals surface area contributed by atoms with E-state index in [1.54, 1.807) is 24.3 Å². The zero-order valence-electron chi connectivity index (χ0n) is 13.7. The van der Waals surface area contributed by atoms with Gasteiger partial charge in [0.15, 0.2) is 0 Å². The van der Waals surface area contributed by atoms with E-state index in [1.165, 1.54) is 12.1 Å². The van der Waals surface area contributed by atoms with Gasteiger partial charge in [-0.3, -0.25) is 0 Å². The fourth-order valence-electron chi connectivity index (χ4n) is 2.20. The van der Waals surface area contributed by atoms with Gasteiger partial charge in [-0.2, -0.15) is 0 Å². The van der Waals surface area contributed by atoms with Crippen LogP contribution in [0.3, 0.4) is 0 Å².